The van der Waals surface area contributed by atoms with Gasteiger partial charge in [-0.3, -0.25) is 9.59 Å². The van der Waals surface area contributed by atoms with Crippen LogP contribution in [-0.2, 0) is 29.9 Å². The highest BCUT2D eigenvalue weighted by Gasteiger charge is 2.54. The lowest BCUT2D eigenvalue weighted by Gasteiger charge is -2.24. The molecule has 1 aliphatic rings. The van der Waals surface area contributed by atoms with E-state index in [9.17, 15) is 13.8 Å². The van der Waals surface area contributed by atoms with Gasteiger partial charge in [0, 0.05) is 16.2 Å². The van der Waals surface area contributed by atoms with Crippen molar-refractivity contribution in [2.45, 2.75) is 45.4 Å². The van der Waals surface area contributed by atoms with Gasteiger partial charge in [-0.2, -0.15) is 0 Å². The molecule has 0 saturated carbocycles. The second kappa shape index (κ2) is 7.95. The molecule has 136 valence electrons. The average Bonchev–Trinajstić information content (AvgIpc) is 2.94. The standard InChI is InChI=1S/C19H24O5S/c1-5-23-17(20)19(18(21)24-6-2)11-14(4)16(12-19)25(22)15-9-7-13(3)8-10-15/h7-10H,5-6,11-12H2,1-4H3/t25-/m0/s1. The fraction of sp³-hybridized carbons (Fsp3) is 0.474. The molecule has 2 rings (SSSR count). The number of hydrogen-bond acceptors (Lipinski definition) is 5. The zero-order valence-electron chi connectivity index (χ0n) is 15.1. The van der Waals surface area contributed by atoms with E-state index in [1.807, 2.05) is 26.0 Å². The SMILES string of the molecule is CCOC(=O)C1(C(=O)OCC)CC(C)=C([S@@](=O)c2ccc(C)cc2)C1. The van der Waals surface area contributed by atoms with Gasteiger partial charge in [-0.15, -0.1) is 0 Å². The van der Waals surface area contributed by atoms with E-state index in [4.69, 9.17) is 9.47 Å². The molecule has 0 fully saturated rings. The molecule has 0 amide bonds. The van der Waals surface area contributed by atoms with Crippen molar-refractivity contribution in [3.05, 3.63) is 40.3 Å². The van der Waals surface area contributed by atoms with Crippen molar-refractivity contribution in [2.75, 3.05) is 13.2 Å². The van der Waals surface area contributed by atoms with Gasteiger partial charge >= 0.3 is 11.9 Å². The van der Waals surface area contributed by atoms with E-state index in [2.05, 4.69) is 0 Å². The van der Waals surface area contributed by atoms with Crippen molar-refractivity contribution < 1.29 is 23.3 Å². The number of allylic oxidation sites excluding steroid dienone is 2. The van der Waals surface area contributed by atoms with Gasteiger partial charge in [-0.25, -0.2) is 4.21 Å². The number of benzene rings is 1. The molecule has 1 aromatic carbocycles. The summed E-state index contributed by atoms with van der Waals surface area (Å²) in [5.41, 5.74) is 0.427. The summed E-state index contributed by atoms with van der Waals surface area (Å²) < 4.78 is 23.2. The summed E-state index contributed by atoms with van der Waals surface area (Å²) in [6.45, 7) is 7.50. The summed E-state index contributed by atoms with van der Waals surface area (Å²) in [5, 5.41) is 0. The van der Waals surface area contributed by atoms with Crippen LogP contribution in [0.2, 0.25) is 0 Å². The Kier molecular flexibility index (Phi) is 6.16. The molecular weight excluding hydrogens is 340 g/mol. The van der Waals surface area contributed by atoms with Gasteiger partial charge in [0.05, 0.1) is 24.0 Å². The van der Waals surface area contributed by atoms with Gasteiger partial charge in [0.2, 0.25) is 0 Å². The third kappa shape index (κ3) is 3.84. The van der Waals surface area contributed by atoms with Gasteiger partial charge < -0.3 is 9.47 Å². The van der Waals surface area contributed by atoms with Crippen LogP contribution in [0.15, 0.2) is 39.6 Å². The fourth-order valence-electron chi connectivity index (χ4n) is 2.98. The first-order valence-electron chi connectivity index (χ1n) is 8.37. The van der Waals surface area contributed by atoms with Crippen LogP contribution in [-0.4, -0.2) is 29.4 Å². The minimum Gasteiger partial charge on any atom is -0.465 e. The predicted octanol–water partition coefficient (Wildman–Crippen LogP) is 3.28. The summed E-state index contributed by atoms with van der Waals surface area (Å²) >= 11 is 0. The van der Waals surface area contributed by atoms with Crippen LogP contribution in [0, 0.1) is 12.3 Å². The van der Waals surface area contributed by atoms with Crippen molar-refractivity contribution in [3.63, 3.8) is 0 Å². The molecule has 5 nitrogen and oxygen atoms in total. The molecule has 1 aliphatic carbocycles. The molecule has 25 heavy (non-hydrogen) atoms. The molecule has 1 atom stereocenters. The number of ether oxygens (including phenoxy) is 2. The topological polar surface area (TPSA) is 69.7 Å². The highest BCUT2D eigenvalue weighted by molar-refractivity contribution is 7.89. The summed E-state index contributed by atoms with van der Waals surface area (Å²) in [7, 11) is -1.42. The Morgan fingerprint density at radius 1 is 1.00 bits per heavy atom. The normalized spacial score (nSPS) is 17.3. The van der Waals surface area contributed by atoms with Crippen molar-refractivity contribution in [1.29, 1.82) is 0 Å². The zero-order valence-corrected chi connectivity index (χ0v) is 15.9. The lowest BCUT2D eigenvalue weighted by atomic mass is 9.84. The van der Waals surface area contributed by atoms with Crippen molar-refractivity contribution >= 4 is 22.7 Å². The molecule has 6 heteroatoms. The van der Waals surface area contributed by atoms with E-state index in [0.717, 1.165) is 11.1 Å². The molecular formula is C19H24O5S. The zero-order chi connectivity index (χ0) is 18.6. The van der Waals surface area contributed by atoms with Crippen molar-refractivity contribution in [2.24, 2.45) is 5.41 Å². The Hall–Kier alpha value is -1.95. The van der Waals surface area contributed by atoms with E-state index >= 15 is 0 Å². The van der Waals surface area contributed by atoms with Crippen LogP contribution < -0.4 is 0 Å². The number of carbonyl (C=O) groups is 2. The third-order valence-electron chi connectivity index (χ3n) is 4.30. The molecule has 0 bridgehead atoms. The molecule has 0 unspecified atom stereocenters. The van der Waals surface area contributed by atoms with Crippen LogP contribution in [0.25, 0.3) is 0 Å². The molecule has 0 N–H and O–H groups in total. The quantitative estimate of drug-likeness (QED) is 0.572. The number of carbonyl (C=O) groups excluding carboxylic acids is 2. The third-order valence-corrected chi connectivity index (χ3v) is 5.94. The average molecular weight is 364 g/mol. The fourth-order valence-corrected chi connectivity index (χ4v) is 4.41. The molecule has 0 saturated heterocycles. The van der Waals surface area contributed by atoms with Crippen molar-refractivity contribution in [3.8, 4) is 0 Å². The predicted molar refractivity (Wildman–Crippen MR) is 95.2 cm³/mol. The van der Waals surface area contributed by atoms with Gasteiger partial charge in [0.15, 0.2) is 5.41 Å². The van der Waals surface area contributed by atoms with Gasteiger partial charge in [0.25, 0.3) is 0 Å². The summed E-state index contributed by atoms with van der Waals surface area (Å²) in [6, 6.07) is 7.39. The lowest BCUT2D eigenvalue weighted by molar-refractivity contribution is -0.171. The smallest absolute Gasteiger partial charge is 0.324 e. The van der Waals surface area contributed by atoms with E-state index in [1.165, 1.54) is 0 Å². The molecule has 0 aromatic heterocycles. The van der Waals surface area contributed by atoms with E-state index in [0.29, 0.717) is 9.80 Å². The van der Waals surface area contributed by atoms with E-state index in [-0.39, 0.29) is 26.1 Å². The highest BCUT2D eigenvalue weighted by atomic mass is 32.2. The van der Waals surface area contributed by atoms with Crippen LogP contribution in [0.5, 0.6) is 0 Å². The minimum atomic E-state index is -1.42. The molecule has 0 aliphatic heterocycles. The van der Waals surface area contributed by atoms with Crippen LogP contribution in [0.3, 0.4) is 0 Å². The summed E-state index contributed by atoms with van der Waals surface area (Å²) in [5.74, 6) is -1.22. The first kappa shape index (κ1) is 19.4. The number of aryl methyl sites for hydroxylation is 1. The van der Waals surface area contributed by atoms with E-state index < -0.39 is 28.2 Å². The number of esters is 2. The maximum Gasteiger partial charge on any atom is 0.324 e. The van der Waals surface area contributed by atoms with Crippen molar-refractivity contribution in [1.82, 2.24) is 0 Å². The molecule has 0 spiro atoms. The highest BCUT2D eigenvalue weighted by Crippen LogP contribution is 2.46. The maximum absolute atomic E-state index is 13.0. The van der Waals surface area contributed by atoms with Crippen LogP contribution in [0.1, 0.15) is 39.2 Å². The minimum absolute atomic E-state index is 0.0665. The van der Waals surface area contributed by atoms with Gasteiger partial charge in [-0.1, -0.05) is 23.3 Å². The maximum atomic E-state index is 13.0. The molecule has 1 aromatic rings. The van der Waals surface area contributed by atoms with Crippen LogP contribution in [0.4, 0.5) is 0 Å². The first-order valence-corrected chi connectivity index (χ1v) is 9.52. The summed E-state index contributed by atoms with van der Waals surface area (Å²) in [6.07, 6.45) is 0.245. The Morgan fingerprint density at radius 3 is 2.00 bits per heavy atom. The van der Waals surface area contributed by atoms with E-state index in [1.54, 1.807) is 26.0 Å². The van der Waals surface area contributed by atoms with Gasteiger partial charge in [0.1, 0.15) is 0 Å². The second-order valence-electron chi connectivity index (χ2n) is 6.16. The Balaban J connectivity index is 2.34. The largest absolute Gasteiger partial charge is 0.465 e. The Bertz CT molecular complexity index is 700. The lowest BCUT2D eigenvalue weighted by Crippen LogP contribution is -2.40. The number of hydrogen-bond donors (Lipinski definition) is 0. The number of rotatable bonds is 6. The molecule has 0 radical (unpaired) electrons. The second-order valence-corrected chi connectivity index (χ2v) is 7.66. The summed E-state index contributed by atoms with van der Waals surface area (Å²) in [4.78, 5) is 26.3. The molecule has 0 heterocycles. The Morgan fingerprint density at radius 2 is 1.52 bits per heavy atom. The van der Waals surface area contributed by atoms with Crippen LogP contribution >= 0.6 is 0 Å². The Labute approximate surface area is 150 Å². The first-order chi connectivity index (χ1) is 11.9. The van der Waals surface area contributed by atoms with Gasteiger partial charge in [-0.05, 0) is 46.2 Å². The monoisotopic (exact) mass is 364 g/mol.